The third-order valence-electron chi connectivity index (χ3n) is 2.43. The standard InChI is InChI=1S/C10H12.C2H6/c1-8-6-7-9-4-2-3-5-10(8)9;1-2/h2-5,8H,6-7H2,1H3;1-2H3. The number of fused-ring (bicyclic) bond motifs is 1. The van der Waals surface area contributed by atoms with E-state index in [1.54, 1.807) is 11.1 Å². The van der Waals surface area contributed by atoms with Crippen LogP contribution in [0.15, 0.2) is 24.3 Å². The first-order valence-electron chi connectivity index (χ1n) is 4.96. The monoisotopic (exact) mass is 162 g/mol. The summed E-state index contributed by atoms with van der Waals surface area (Å²) in [4.78, 5) is 0. The summed E-state index contributed by atoms with van der Waals surface area (Å²) in [6.45, 7) is 6.31. The predicted molar refractivity (Wildman–Crippen MR) is 54.5 cm³/mol. The fourth-order valence-corrected chi connectivity index (χ4v) is 1.77. The molecule has 0 nitrogen and oxygen atoms in total. The number of hydrogen-bond donors (Lipinski definition) is 0. The molecule has 0 radical (unpaired) electrons. The van der Waals surface area contributed by atoms with Crippen molar-refractivity contribution in [2.75, 3.05) is 0 Å². The van der Waals surface area contributed by atoms with Gasteiger partial charge in [0.15, 0.2) is 0 Å². The van der Waals surface area contributed by atoms with Crippen molar-refractivity contribution in [1.82, 2.24) is 0 Å². The number of aryl methyl sites for hydroxylation is 1. The van der Waals surface area contributed by atoms with Crippen LogP contribution >= 0.6 is 0 Å². The summed E-state index contributed by atoms with van der Waals surface area (Å²) in [6.07, 6.45) is 2.64. The molecule has 0 bridgehead atoms. The van der Waals surface area contributed by atoms with Crippen LogP contribution in [0.25, 0.3) is 0 Å². The van der Waals surface area contributed by atoms with Gasteiger partial charge in [-0.1, -0.05) is 45.0 Å². The molecule has 66 valence electrons. The van der Waals surface area contributed by atoms with Gasteiger partial charge in [0.2, 0.25) is 0 Å². The van der Waals surface area contributed by atoms with Crippen molar-refractivity contribution in [1.29, 1.82) is 0 Å². The Labute approximate surface area is 75.6 Å². The average molecular weight is 162 g/mol. The molecule has 0 fully saturated rings. The van der Waals surface area contributed by atoms with E-state index in [0.717, 1.165) is 5.92 Å². The third kappa shape index (κ3) is 1.69. The van der Waals surface area contributed by atoms with E-state index in [-0.39, 0.29) is 0 Å². The van der Waals surface area contributed by atoms with Crippen LogP contribution in [-0.4, -0.2) is 0 Å². The second-order valence-corrected chi connectivity index (χ2v) is 3.14. The van der Waals surface area contributed by atoms with Crippen LogP contribution in [0.4, 0.5) is 0 Å². The molecule has 0 aliphatic heterocycles. The maximum absolute atomic E-state index is 2.31. The molecule has 0 heteroatoms. The minimum Gasteiger partial charge on any atom is -0.0683 e. The maximum Gasteiger partial charge on any atom is -0.0184 e. The summed E-state index contributed by atoms with van der Waals surface area (Å²) in [5, 5.41) is 0. The van der Waals surface area contributed by atoms with E-state index in [1.165, 1.54) is 12.8 Å². The van der Waals surface area contributed by atoms with Crippen molar-refractivity contribution in [3.05, 3.63) is 35.4 Å². The molecule has 1 aliphatic rings. The van der Waals surface area contributed by atoms with Crippen LogP contribution < -0.4 is 0 Å². The van der Waals surface area contributed by atoms with Gasteiger partial charge in [-0.05, 0) is 29.9 Å². The number of benzene rings is 1. The Kier molecular flexibility index (Phi) is 3.33. The Morgan fingerprint density at radius 3 is 2.50 bits per heavy atom. The topological polar surface area (TPSA) is 0 Å². The van der Waals surface area contributed by atoms with Gasteiger partial charge in [0, 0.05) is 0 Å². The van der Waals surface area contributed by atoms with Crippen molar-refractivity contribution in [3.8, 4) is 0 Å². The molecule has 1 aromatic carbocycles. The highest BCUT2D eigenvalue weighted by atomic mass is 14.2. The van der Waals surface area contributed by atoms with E-state index >= 15 is 0 Å². The van der Waals surface area contributed by atoms with Crippen LogP contribution in [0, 0.1) is 0 Å². The molecule has 0 N–H and O–H groups in total. The van der Waals surface area contributed by atoms with Crippen LogP contribution in [0.5, 0.6) is 0 Å². The van der Waals surface area contributed by atoms with Gasteiger partial charge in [-0.15, -0.1) is 0 Å². The Bertz CT molecular complexity index is 238. The molecule has 12 heavy (non-hydrogen) atoms. The van der Waals surface area contributed by atoms with E-state index in [2.05, 4.69) is 31.2 Å². The lowest BCUT2D eigenvalue weighted by atomic mass is 10.0. The highest BCUT2D eigenvalue weighted by Crippen LogP contribution is 2.31. The molecule has 0 spiro atoms. The molecule has 2 rings (SSSR count). The summed E-state index contributed by atoms with van der Waals surface area (Å²) in [7, 11) is 0. The molecular weight excluding hydrogens is 144 g/mol. The van der Waals surface area contributed by atoms with E-state index in [9.17, 15) is 0 Å². The minimum absolute atomic E-state index is 0.802. The van der Waals surface area contributed by atoms with Crippen molar-refractivity contribution >= 4 is 0 Å². The third-order valence-corrected chi connectivity index (χ3v) is 2.43. The zero-order valence-corrected chi connectivity index (χ0v) is 8.30. The molecule has 1 aliphatic carbocycles. The normalized spacial score (nSPS) is 19.4. The lowest BCUT2D eigenvalue weighted by Crippen LogP contribution is -1.83. The summed E-state index contributed by atoms with van der Waals surface area (Å²) < 4.78 is 0. The first-order chi connectivity index (χ1) is 5.88. The zero-order valence-electron chi connectivity index (χ0n) is 8.30. The summed E-state index contributed by atoms with van der Waals surface area (Å²) >= 11 is 0. The molecule has 0 aromatic heterocycles. The fraction of sp³-hybridized carbons (Fsp3) is 0.500. The van der Waals surface area contributed by atoms with Gasteiger partial charge in [-0.2, -0.15) is 0 Å². The van der Waals surface area contributed by atoms with Crippen LogP contribution in [0.1, 0.15) is 44.2 Å². The zero-order chi connectivity index (χ0) is 8.97. The maximum atomic E-state index is 2.31. The molecule has 1 atom stereocenters. The van der Waals surface area contributed by atoms with Gasteiger partial charge in [0.1, 0.15) is 0 Å². The van der Waals surface area contributed by atoms with E-state index < -0.39 is 0 Å². The number of rotatable bonds is 0. The van der Waals surface area contributed by atoms with Gasteiger partial charge in [0.25, 0.3) is 0 Å². The average Bonchev–Trinajstić information content (AvgIpc) is 2.53. The molecule has 1 unspecified atom stereocenters. The first kappa shape index (κ1) is 9.31. The lowest BCUT2D eigenvalue weighted by Gasteiger charge is -2.01. The van der Waals surface area contributed by atoms with E-state index in [1.807, 2.05) is 13.8 Å². The molecular formula is C12H18. The summed E-state index contributed by atoms with van der Waals surface area (Å²) in [6, 6.07) is 8.78. The summed E-state index contributed by atoms with van der Waals surface area (Å²) in [5.41, 5.74) is 3.14. The van der Waals surface area contributed by atoms with Crippen molar-refractivity contribution in [2.45, 2.75) is 39.5 Å². The van der Waals surface area contributed by atoms with E-state index in [0.29, 0.717) is 0 Å². The Hall–Kier alpha value is -0.780. The van der Waals surface area contributed by atoms with Crippen molar-refractivity contribution < 1.29 is 0 Å². The summed E-state index contributed by atoms with van der Waals surface area (Å²) in [5.74, 6) is 0.802. The fourth-order valence-electron chi connectivity index (χ4n) is 1.77. The molecule has 0 amide bonds. The van der Waals surface area contributed by atoms with Gasteiger partial charge < -0.3 is 0 Å². The van der Waals surface area contributed by atoms with Crippen molar-refractivity contribution in [2.24, 2.45) is 0 Å². The van der Waals surface area contributed by atoms with Crippen LogP contribution in [0.3, 0.4) is 0 Å². The highest BCUT2D eigenvalue weighted by molar-refractivity contribution is 5.33. The van der Waals surface area contributed by atoms with Gasteiger partial charge in [-0.25, -0.2) is 0 Å². The van der Waals surface area contributed by atoms with Gasteiger partial charge >= 0.3 is 0 Å². The van der Waals surface area contributed by atoms with Crippen LogP contribution in [0.2, 0.25) is 0 Å². The van der Waals surface area contributed by atoms with Gasteiger partial charge in [0.05, 0.1) is 0 Å². The predicted octanol–water partition coefficient (Wildman–Crippen LogP) is 3.76. The quantitative estimate of drug-likeness (QED) is 0.545. The molecule has 0 saturated heterocycles. The Morgan fingerprint density at radius 1 is 1.17 bits per heavy atom. The van der Waals surface area contributed by atoms with Crippen LogP contribution in [-0.2, 0) is 6.42 Å². The highest BCUT2D eigenvalue weighted by Gasteiger charge is 2.16. The van der Waals surface area contributed by atoms with E-state index in [4.69, 9.17) is 0 Å². The largest absolute Gasteiger partial charge is 0.0683 e. The van der Waals surface area contributed by atoms with Gasteiger partial charge in [-0.3, -0.25) is 0 Å². The second kappa shape index (κ2) is 4.30. The Balaban J connectivity index is 0.000000336. The lowest BCUT2D eigenvalue weighted by molar-refractivity contribution is 0.747. The molecule has 1 aromatic rings. The smallest absolute Gasteiger partial charge is 0.0184 e. The number of hydrogen-bond acceptors (Lipinski definition) is 0. The molecule has 0 heterocycles. The first-order valence-corrected chi connectivity index (χ1v) is 4.96. The Morgan fingerprint density at radius 2 is 1.83 bits per heavy atom. The minimum atomic E-state index is 0.802. The van der Waals surface area contributed by atoms with Crippen molar-refractivity contribution in [3.63, 3.8) is 0 Å². The SMILES string of the molecule is CC.CC1CCc2ccccc21. The molecule has 0 saturated carbocycles. The second-order valence-electron chi connectivity index (χ2n) is 3.14.